The van der Waals surface area contributed by atoms with Crippen LogP contribution in [0.5, 0.6) is 0 Å². The van der Waals surface area contributed by atoms with Crippen molar-refractivity contribution in [3.8, 4) is 0 Å². The van der Waals surface area contributed by atoms with Gasteiger partial charge in [0.15, 0.2) is 0 Å². The number of likely N-dealkylation sites (N-methyl/N-ethyl adjacent to an activating group) is 1. The quantitative estimate of drug-likeness (QED) is 0.797. The van der Waals surface area contributed by atoms with Crippen molar-refractivity contribution in [1.29, 1.82) is 0 Å². The molecule has 1 fully saturated rings. The van der Waals surface area contributed by atoms with Gasteiger partial charge in [0.25, 0.3) is 5.91 Å². The second kappa shape index (κ2) is 9.34. The van der Waals surface area contributed by atoms with Crippen LogP contribution in [0.3, 0.4) is 0 Å². The molecule has 28 heavy (non-hydrogen) atoms. The van der Waals surface area contributed by atoms with Crippen molar-refractivity contribution in [1.82, 2.24) is 24.7 Å². The molecule has 3 heterocycles. The van der Waals surface area contributed by atoms with Crippen molar-refractivity contribution in [2.24, 2.45) is 0 Å². The van der Waals surface area contributed by atoms with Crippen molar-refractivity contribution in [2.45, 2.75) is 40.3 Å². The monoisotopic (exact) mass is 383 g/mol. The van der Waals surface area contributed by atoms with E-state index in [0.29, 0.717) is 19.1 Å². The molecule has 0 aliphatic carbocycles. The summed E-state index contributed by atoms with van der Waals surface area (Å²) in [6, 6.07) is 8.25. The predicted octanol–water partition coefficient (Wildman–Crippen LogP) is 2.30. The normalized spacial score (nSPS) is 16.9. The fourth-order valence-electron chi connectivity index (χ4n) is 3.91. The average molecular weight is 384 g/mol. The summed E-state index contributed by atoms with van der Waals surface area (Å²) in [4.78, 5) is 22.1. The van der Waals surface area contributed by atoms with E-state index in [4.69, 9.17) is 0 Å². The van der Waals surface area contributed by atoms with Crippen LogP contribution >= 0.6 is 0 Å². The molecule has 1 amide bonds. The molecule has 152 valence electrons. The molecule has 1 unspecified atom stereocenters. The Morgan fingerprint density at radius 1 is 1.21 bits per heavy atom. The van der Waals surface area contributed by atoms with Crippen LogP contribution < -0.4 is 5.32 Å². The first-order valence-electron chi connectivity index (χ1n) is 10.3. The lowest BCUT2D eigenvalue weighted by molar-refractivity contribution is 0.0882. The first-order valence-corrected chi connectivity index (χ1v) is 10.3. The van der Waals surface area contributed by atoms with Gasteiger partial charge in [-0.2, -0.15) is 0 Å². The van der Waals surface area contributed by atoms with Crippen LogP contribution in [0.2, 0.25) is 0 Å². The summed E-state index contributed by atoms with van der Waals surface area (Å²) in [5, 5.41) is 3.14. The van der Waals surface area contributed by atoms with Gasteiger partial charge < -0.3 is 14.8 Å². The third-order valence-electron chi connectivity index (χ3n) is 5.90. The van der Waals surface area contributed by atoms with Crippen molar-refractivity contribution >= 4 is 5.91 Å². The minimum atomic E-state index is 0.0133. The van der Waals surface area contributed by atoms with E-state index in [1.165, 1.54) is 0 Å². The topological polar surface area (TPSA) is 53.4 Å². The summed E-state index contributed by atoms with van der Waals surface area (Å²) in [6.45, 7) is 15.3. The number of piperazine rings is 1. The number of carbonyl (C=O) groups excluding carboxylic acids is 1. The lowest BCUT2D eigenvalue weighted by Crippen LogP contribution is -2.52. The standard InChI is InChI=1S/C22H33N5O/c1-5-25-10-12-26(13-11-25)18(3)15-24-22(28)21-14-17(2)27(19(21)4)16-20-8-6-7-9-23-20/h6-9,14,18H,5,10-13,15-16H2,1-4H3,(H,24,28). The highest BCUT2D eigenvalue weighted by Crippen LogP contribution is 2.17. The van der Waals surface area contributed by atoms with E-state index in [-0.39, 0.29) is 5.91 Å². The molecule has 0 aromatic carbocycles. The summed E-state index contributed by atoms with van der Waals surface area (Å²) in [5.74, 6) is 0.0133. The van der Waals surface area contributed by atoms with E-state index in [9.17, 15) is 4.79 Å². The van der Waals surface area contributed by atoms with Crippen LogP contribution in [0.25, 0.3) is 0 Å². The van der Waals surface area contributed by atoms with Crippen molar-refractivity contribution in [2.75, 3.05) is 39.3 Å². The van der Waals surface area contributed by atoms with Gasteiger partial charge in [-0.25, -0.2) is 0 Å². The molecule has 1 aliphatic heterocycles. The van der Waals surface area contributed by atoms with Crippen molar-refractivity contribution in [3.05, 3.63) is 53.1 Å². The molecule has 1 atom stereocenters. The van der Waals surface area contributed by atoms with Crippen molar-refractivity contribution in [3.63, 3.8) is 0 Å². The Kier molecular flexibility index (Phi) is 6.86. The maximum absolute atomic E-state index is 12.8. The Morgan fingerprint density at radius 3 is 2.61 bits per heavy atom. The van der Waals surface area contributed by atoms with Crippen LogP contribution in [0.1, 0.15) is 41.3 Å². The number of carbonyl (C=O) groups is 1. The molecule has 1 saturated heterocycles. The molecule has 0 saturated carbocycles. The Morgan fingerprint density at radius 2 is 1.96 bits per heavy atom. The van der Waals surface area contributed by atoms with Gasteiger partial charge in [0.05, 0.1) is 17.8 Å². The van der Waals surface area contributed by atoms with Gasteiger partial charge in [-0.05, 0) is 45.5 Å². The fraction of sp³-hybridized carbons (Fsp3) is 0.545. The molecule has 1 aliphatic rings. The number of nitrogens with zero attached hydrogens (tertiary/aromatic N) is 4. The minimum Gasteiger partial charge on any atom is -0.350 e. The summed E-state index contributed by atoms with van der Waals surface area (Å²) in [5.41, 5.74) is 3.83. The molecule has 0 bridgehead atoms. The summed E-state index contributed by atoms with van der Waals surface area (Å²) < 4.78 is 2.16. The molecule has 1 N–H and O–H groups in total. The van der Waals surface area contributed by atoms with E-state index >= 15 is 0 Å². The first kappa shape index (κ1) is 20.6. The third kappa shape index (κ3) is 4.80. The summed E-state index contributed by atoms with van der Waals surface area (Å²) in [7, 11) is 0. The van der Waals surface area contributed by atoms with Gasteiger partial charge >= 0.3 is 0 Å². The Labute approximate surface area is 168 Å². The maximum atomic E-state index is 12.8. The van der Waals surface area contributed by atoms with Gasteiger partial charge in [0, 0.05) is 56.4 Å². The summed E-state index contributed by atoms with van der Waals surface area (Å²) >= 11 is 0. The highest BCUT2D eigenvalue weighted by Gasteiger charge is 2.22. The number of aromatic nitrogens is 2. The number of hydrogen-bond donors (Lipinski definition) is 1. The Bertz CT molecular complexity index is 778. The largest absolute Gasteiger partial charge is 0.350 e. The molecular weight excluding hydrogens is 350 g/mol. The highest BCUT2D eigenvalue weighted by molar-refractivity contribution is 5.95. The lowest BCUT2D eigenvalue weighted by Gasteiger charge is -2.37. The van der Waals surface area contributed by atoms with E-state index in [1.54, 1.807) is 6.20 Å². The number of aryl methyl sites for hydroxylation is 1. The number of nitrogens with one attached hydrogen (secondary N) is 1. The molecule has 0 spiro atoms. The smallest absolute Gasteiger partial charge is 0.253 e. The zero-order chi connectivity index (χ0) is 20.1. The molecule has 3 rings (SSSR count). The van der Waals surface area contributed by atoms with Crippen molar-refractivity contribution < 1.29 is 4.79 Å². The number of pyridine rings is 1. The van der Waals surface area contributed by atoms with E-state index in [2.05, 4.69) is 38.5 Å². The molecule has 6 heteroatoms. The molecule has 2 aromatic heterocycles. The van der Waals surface area contributed by atoms with Gasteiger partial charge in [-0.1, -0.05) is 13.0 Å². The number of rotatable bonds is 7. The zero-order valence-electron chi connectivity index (χ0n) is 17.6. The average Bonchev–Trinajstić information content (AvgIpc) is 3.01. The van der Waals surface area contributed by atoms with Crippen LogP contribution in [0, 0.1) is 13.8 Å². The van der Waals surface area contributed by atoms with Gasteiger partial charge in [-0.3, -0.25) is 14.7 Å². The molecular formula is C22H33N5O. The van der Waals surface area contributed by atoms with Crippen LogP contribution in [0.4, 0.5) is 0 Å². The van der Waals surface area contributed by atoms with Crippen LogP contribution in [-0.2, 0) is 6.54 Å². The SMILES string of the molecule is CCN1CCN(C(C)CNC(=O)c2cc(C)n(Cc3ccccn3)c2C)CC1. The molecule has 2 aromatic rings. The number of amides is 1. The predicted molar refractivity (Wildman–Crippen MR) is 113 cm³/mol. The van der Waals surface area contributed by atoms with E-state index in [0.717, 1.165) is 55.4 Å². The zero-order valence-corrected chi connectivity index (χ0v) is 17.6. The van der Waals surface area contributed by atoms with Gasteiger partial charge in [0.2, 0.25) is 0 Å². The fourth-order valence-corrected chi connectivity index (χ4v) is 3.91. The van der Waals surface area contributed by atoms with Crippen LogP contribution in [0.15, 0.2) is 30.5 Å². The molecule has 0 radical (unpaired) electrons. The first-order chi connectivity index (χ1) is 13.5. The Hall–Kier alpha value is -2.18. The minimum absolute atomic E-state index is 0.0133. The lowest BCUT2D eigenvalue weighted by atomic mass is 10.2. The maximum Gasteiger partial charge on any atom is 0.253 e. The second-order valence-electron chi connectivity index (χ2n) is 7.72. The molecule has 6 nitrogen and oxygen atoms in total. The second-order valence-corrected chi connectivity index (χ2v) is 7.72. The number of hydrogen-bond acceptors (Lipinski definition) is 4. The van der Waals surface area contributed by atoms with Gasteiger partial charge in [-0.15, -0.1) is 0 Å². The van der Waals surface area contributed by atoms with E-state index in [1.807, 2.05) is 38.1 Å². The van der Waals surface area contributed by atoms with Gasteiger partial charge in [0.1, 0.15) is 0 Å². The Balaban J connectivity index is 1.58. The third-order valence-corrected chi connectivity index (χ3v) is 5.90. The summed E-state index contributed by atoms with van der Waals surface area (Å²) in [6.07, 6.45) is 1.80. The van der Waals surface area contributed by atoms with E-state index < -0.39 is 0 Å². The highest BCUT2D eigenvalue weighted by atomic mass is 16.1. The van der Waals surface area contributed by atoms with Crippen LogP contribution in [-0.4, -0.2) is 70.6 Å².